The maximum Gasteiger partial charge on any atom is 0.343 e. The molecule has 2 saturated carbocycles. The number of cyclic esters (lactones) is 1. The highest BCUT2D eigenvalue weighted by Crippen LogP contribution is 2.65. The second kappa shape index (κ2) is 13.5. The Morgan fingerprint density at radius 2 is 1.94 bits per heavy atom. The number of hydrogen-bond acceptors (Lipinski definition) is 13. The summed E-state index contributed by atoms with van der Waals surface area (Å²) in [5.41, 5.74) is -0.567. The summed E-state index contributed by atoms with van der Waals surface area (Å²) in [4.78, 5) is 48.4. The van der Waals surface area contributed by atoms with Gasteiger partial charge in [-0.05, 0) is 56.7 Å². The molecule has 1 aromatic heterocycles. The first-order valence-corrected chi connectivity index (χ1v) is 17.8. The number of ketones is 1. The van der Waals surface area contributed by atoms with Crippen LogP contribution >= 0.6 is 0 Å². The zero-order valence-electron chi connectivity index (χ0n) is 29.4. The monoisotopic (exact) mass is 687 g/mol. The van der Waals surface area contributed by atoms with E-state index < -0.39 is 29.1 Å². The standard InChI is InChI=1S/C37H49N7O6/c1-23(27(46)17-32-38-9-10-39-32)42-30-18-29-35(2,8-7-31(47)36(29,3)21-45)28(37(30)22-49-37)6-5-25-16-26(50-33(25)48)15-24-19-40-34(41-20-24)44-13-11-43(4)12-14-44/h5-6,9,15-16,19-20,23,28-31,42,45,47H,7-8,10-14,17-18,21-22H2,1-4H3/b6-5+,26-15+/t23?,28?,29?,30?,31-,35-,36+,37?/m1/s1. The lowest BCUT2D eigenvalue weighted by molar-refractivity contribution is -0.174. The SMILES string of the molecule is CC(NC1CC2[C@](C)(CC[C@@H](O)[C@@]2(C)CO)C(/C=C/C2=CC(=C\c3cnc(N4CCN(C)CC4)nc3)/OC2=O)C12CO2)C(=O)CC1=NCC=N1. The van der Waals surface area contributed by atoms with E-state index in [1.165, 1.54) is 0 Å². The normalized spacial score (nSPS) is 36.9. The molecule has 5 unspecified atom stereocenters. The van der Waals surface area contributed by atoms with E-state index in [1.54, 1.807) is 30.8 Å². The maximum absolute atomic E-state index is 13.2. The number of Topliss-reactive ketones (excluding diaryl/α,β-unsaturated/α-hetero) is 1. The van der Waals surface area contributed by atoms with Gasteiger partial charge in [0.25, 0.3) is 0 Å². The van der Waals surface area contributed by atoms with Gasteiger partial charge in [-0.25, -0.2) is 19.8 Å². The fraction of sp³-hybridized carbons (Fsp3) is 0.622. The second-order valence-electron chi connectivity index (χ2n) is 15.4. The number of rotatable bonds is 10. The minimum atomic E-state index is -0.751. The van der Waals surface area contributed by atoms with Gasteiger partial charge in [-0.2, -0.15) is 0 Å². The number of fused-ring (bicyclic) bond motifs is 1. The molecule has 2 aliphatic carbocycles. The first kappa shape index (κ1) is 34.8. The molecule has 2 saturated heterocycles. The lowest BCUT2D eigenvalue weighted by atomic mass is 9.44. The third-order valence-electron chi connectivity index (χ3n) is 12.3. The molecule has 0 radical (unpaired) electrons. The molecule has 1 spiro atoms. The van der Waals surface area contributed by atoms with Crippen LogP contribution in [0.25, 0.3) is 6.08 Å². The van der Waals surface area contributed by atoms with Crippen molar-refractivity contribution in [3.8, 4) is 0 Å². The zero-order chi connectivity index (χ0) is 35.3. The van der Waals surface area contributed by atoms with Crippen LogP contribution in [-0.4, -0.2) is 126 Å². The molecule has 0 aromatic carbocycles. The van der Waals surface area contributed by atoms with Gasteiger partial charge in [0.2, 0.25) is 5.95 Å². The number of amidine groups is 1. The lowest BCUT2D eigenvalue weighted by Crippen LogP contribution is -2.67. The Balaban J connectivity index is 1.13. The smallest absolute Gasteiger partial charge is 0.343 e. The Morgan fingerprint density at radius 3 is 2.60 bits per heavy atom. The summed E-state index contributed by atoms with van der Waals surface area (Å²) in [6.07, 6.45) is 13.9. The molecular formula is C37H49N7O6. The number of aliphatic hydroxyl groups is 2. The Morgan fingerprint density at radius 1 is 1.20 bits per heavy atom. The highest BCUT2D eigenvalue weighted by molar-refractivity contribution is 6.07. The third-order valence-corrected chi connectivity index (χ3v) is 12.3. The molecule has 3 N–H and O–H groups in total. The van der Waals surface area contributed by atoms with Crippen LogP contribution in [0.1, 0.15) is 52.0 Å². The molecule has 0 bridgehead atoms. The van der Waals surface area contributed by atoms with Crippen LogP contribution in [0.2, 0.25) is 0 Å². The van der Waals surface area contributed by atoms with Crippen LogP contribution < -0.4 is 10.2 Å². The molecule has 6 aliphatic rings. The van der Waals surface area contributed by atoms with E-state index in [0.29, 0.717) is 49.1 Å². The van der Waals surface area contributed by atoms with Crippen LogP contribution in [0.4, 0.5) is 5.95 Å². The Hall–Kier alpha value is -3.62. The van der Waals surface area contributed by atoms with Gasteiger partial charge in [-0.1, -0.05) is 26.0 Å². The molecule has 4 fully saturated rings. The number of anilines is 1. The van der Waals surface area contributed by atoms with Crippen molar-refractivity contribution in [3.63, 3.8) is 0 Å². The number of aliphatic hydroxyl groups excluding tert-OH is 2. The first-order valence-electron chi connectivity index (χ1n) is 17.8. The van der Waals surface area contributed by atoms with E-state index in [9.17, 15) is 19.8 Å². The molecule has 8 atom stereocenters. The van der Waals surface area contributed by atoms with E-state index in [2.05, 4.69) is 55.1 Å². The van der Waals surface area contributed by atoms with E-state index in [4.69, 9.17) is 9.47 Å². The fourth-order valence-corrected chi connectivity index (χ4v) is 9.00. The molecule has 0 amide bonds. The minimum absolute atomic E-state index is 0.00910. The van der Waals surface area contributed by atoms with Crippen molar-refractivity contribution < 1.29 is 29.3 Å². The van der Waals surface area contributed by atoms with Crippen molar-refractivity contribution in [2.24, 2.45) is 32.7 Å². The van der Waals surface area contributed by atoms with Crippen LogP contribution in [-0.2, 0) is 19.1 Å². The van der Waals surface area contributed by atoms with Crippen LogP contribution in [0.5, 0.6) is 0 Å². The molecule has 13 nitrogen and oxygen atoms in total. The number of nitrogens with zero attached hydrogens (tertiary/aromatic N) is 6. The molecule has 268 valence electrons. The van der Waals surface area contributed by atoms with Gasteiger partial charge < -0.3 is 34.8 Å². The average Bonchev–Trinajstić information content (AvgIpc) is 3.56. The van der Waals surface area contributed by atoms with Crippen LogP contribution in [0.15, 0.2) is 51.9 Å². The number of piperazine rings is 1. The number of allylic oxidation sites excluding steroid dienone is 1. The summed E-state index contributed by atoms with van der Waals surface area (Å²) < 4.78 is 12.0. The van der Waals surface area contributed by atoms with E-state index in [1.807, 2.05) is 19.9 Å². The van der Waals surface area contributed by atoms with Crippen LogP contribution in [0, 0.1) is 22.7 Å². The number of aliphatic imine (C=N–C) groups is 2. The van der Waals surface area contributed by atoms with Crippen molar-refractivity contribution in [2.45, 2.75) is 70.2 Å². The van der Waals surface area contributed by atoms with Gasteiger partial charge in [0.1, 0.15) is 17.2 Å². The number of carbonyl (C=O) groups is 2. The summed E-state index contributed by atoms with van der Waals surface area (Å²) >= 11 is 0. The average molecular weight is 688 g/mol. The molecular weight excluding hydrogens is 638 g/mol. The van der Waals surface area contributed by atoms with Gasteiger partial charge >= 0.3 is 5.97 Å². The number of ether oxygens (including phenoxy) is 2. The van der Waals surface area contributed by atoms with Crippen LogP contribution in [0.3, 0.4) is 0 Å². The minimum Gasteiger partial charge on any atom is -0.423 e. The number of hydrogen-bond donors (Lipinski definition) is 3. The highest BCUT2D eigenvalue weighted by Gasteiger charge is 2.70. The zero-order valence-corrected chi connectivity index (χ0v) is 29.4. The maximum atomic E-state index is 13.2. The largest absolute Gasteiger partial charge is 0.423 e. The van der Waals surface area contributed by atoms with Crippen molar-refractivity contribution >= 4 is 35.8 Å². The molecule has 1 aromatic rings. The summed E-state index contributed by atoms with van der Waals surface area (Å²) in [6, 6.07) is -0.713. The van der Waals surface area contributed by atoms with Crippen molar-refractivity contribution in [2.75, 3.05) is 57.9 Å². The molecule has 4 aliphatic heterocycles. The van der Waals surface area contributed by atoms with Crippen molar-refractivity contribution in [3.05, 3.63) is 47.5 Å². The second-order valence-corrected chi connectivity index (χ2v) is 15.4. The molecule has 50 heavy (non-hydrogen) atoms. The lowest BCUT2D eigenvalue weighted by Gasteiger charge is -2.62. The molecule has 5 heterocycles. The van der Waals surface area contributed by atoms with E-state index >= 15 is 0 Å². The topological polar surface area (TPSA) is 165 Å². The highest BCUT2D eigenvalue weighted by atomic mass is 16.6. The van der Waals surface area contributed by atoms with Gasteiger partial charge in [0, 0.05) is 67.7 Å². The Labute approximate surface area is 293 Å². The van der Waals surface area contributed by atoms with E-state index in [0.717, 1.165) is 38.2 Å². The fourth-order valence-electron chi connectivity index (χ4n) is 9.00. The summed E-state index contributed by atoms with van der Waals surface area (Å²) in [7, 11) is 2.11. The summed E-state index contributed by atoms with van der Waals surface area (Å²) in [6.45, 7) is 10.5. The van der Waals surface area contributed by atoms with Gasteiger partial charge in [0.15, 0.2) is 5.78 Å². The van der Waals surface area contributed by atoms with Gasteiger partial charge in [-0.3, -0.25) is 9.79 Å². The van der Waals surface area contributed by atoms with Crippen molar-refractivity contribution in [1.82, 2.24) is 20.2 Å². The number of nitrogens with one attached hydrogen (secondary N) is 1. The van der Waals surface area contributed by atoms with Gasteiger partial charge in [0.05, 0.1) is 43.9 Å². The number of likely N-dealkylation sites (N-methyl/N-ethyl adjacent to an activating group) is 1. The number of aromatic nitrogens is 2. The summed E-state index contributed by atoms with van der Waals surface area (Å²) in [5, 5.41) is 25.5. The predicted molar refractivity (Wildman–Crippen MR) is 189 cm³/mol. The Kier molecular flexibility index (Phi) is 9.40. The quantitative estimate of drug-likeness (QED) is 0.243. The molecule has 7 rings (SSSR count). The first-order chi connectivity index (χ1) is 23.9. The van der Waals surface area contributed by atoms with E-state index in [-0.39, 0.29) is 42.1 Å². The van der Waals surface area contributed by atoms with Gasteiger partial charge in [-0.15, -0.1) is 0 Å². The summed E-state index contributed by atoms with van der Waals surface area (Å²) in [5.74, 6) is 0.920. The van der Waals surface area contributed by atoms with Crippen molar-refractivity contribution in [1.29, 1.82) is 0 Å². The Bertz CT molecular complexity index is 1640. The number of carbonyl (C=O) groups excluding carboxylic acids is 2. The number of epoxide rings is 1. The third kappa shape index (κ3) is 6.38. The molecule has 13 heteroatoms. The predicted octanol–water partition coefficient (Wildman–Crippen LogP) is 1.96. The number of esters is 1.